The first-order chi connectivity index (χ1) is 13.6. The molecule has 3 aromatic rings. The second kappa shape index (κ2) is 9.59. The summed E-state index contributed by atoms with van der Waals surface area (Å²) in [6.45, 7) is 9.27. The minimum absolute atomic E-state index is 0.532. The summed E-state index contributed by atoms with van der Waals surface area (Å²) in [5.41, 5.74) is 4.36. The number of para-hydroxylation sites is 1. The normalized spacial score (nSPS) is 13.3. The Morgan fingerprint density at radius 2 is 1.25 bits per heavy atom. The van der Waals surface area contributed by atoms with E-state index in [-0.39, 0.29) is 0 Å². The summed E-state index contributed by atoms with van der Waals surface area (Å²) < 4.78 is 5.94. The molecule has 0 fully saturated rings. The van der Waals surface area contributed by atoms with E-state index < -0.39 is 0 Å². The maximum absolute atomic E-state index is 5.94. The van der Waals surface area contributed by atoms with E-state index in [0.717, 1.165) is 17.9 Å². The minimum atomic E-state index is 0.532. The van der Waals surface area contributed by atoms with Crippen molar-refractivity contribution in [2.45, 2.75) is 52.4 Å². The van der Waals surface area contributed by atoms with Gasteiger partial charge in [0, 0.05) is 0 Å². The fourth-order valence-corrected chi connectivity index (χ4v) is 3.85. The summed E-state index contributed by atoms with van der Waals surface area (Å²) in [6.07, 6.45) is 2.25. The predicted molar refractivity (Wildman–Crippen MR) is 119 cm³/mol. The monoisotopic (exact) mass is 372 g/mol. The third-order valence-electron chi connectivity index (χ3n) is 5.71. The Labute approximate surface area is 170 Å². The fraction of sp³-hybridized carbons (Fsp3) is 0.333. The molecule has 146 valence electrons. The highest BCUT2D eigenvalue weighted by atomic mass is 16.5. The molecule has 0 aliphatic rings. The molecule has 0 amide bonds. The summed E-state index contributed by atoms with van der Waals surface area (Å²) in [5, 5.41) is 0. The van der Waals surface area contributed by atoms with Crippen LogP contribution in [0.2, 0.25) is 0 Å². The molecule has 2 unspecified atom stereocenters. The van der Waals surface area contributed by atoms with Gasteiger partial charge < -0.3 is 4.74 Å². The topological polar surface area (TPSA) is 9.23 Å². The highest BCUT2D eigenvalue weighted by molar-refractivity contribution is 5.37. The summed E-state index contributed by atoms with van der Waals surface area (Å²) in [4.78, 5) is 0. The van der Waals surface area contributed by atoms with E-state index in [9.17, 15) is 0 Å². The molecule has 2 atom stereocenters. The molecule has 0 saturated heterocycles. The first-order valence-electron chi connectivity index (χ1n) is 10.5. The van der Waals surface area contributed by atoms with E-state index in [4.69, 9.17) is 4.74 Å². The molecule has 0 spiro atoms. The maximum atomic E-state index is 5.94. The number of ether oxygens (including phenoxy) is 1. The average molecular weight is 373 g/mol. The molecule has 3 rings (SSSR count). The first kappa shape index (κ1) is 20.2. The largest absolute Gasteiger partial charge is 0.457 e. The van der Waals surface area contributed by atoms with Crippen molar-refractivity contribution in [3.63, 3.8) is 0 Å². The summed E-state index contributed by atoms with van der Waals surface area (Å²) in [6, 6.07) is 27.5. The van der Waals surface area contributed by atoms with Gasteiger partial charge in [-0.2, -0.15) is 0 Å². The molecule has 28 heavy (non-hydrogen) atoms. The Morgan fingerprint density at radius 1 is 0.679 bits per heavy atom. The SMILES string of the molecule is CCC(C)C(Cc1ccc(Oc2ccccc2)cc1)c1ccccc1C(C)C. The second-order valence-electron chi connectivity index (χ2n) is 8.04. The lowest BCUT2D eigenvalue weighted by atomic mass is 9.77. The quantitative estimate of drug-likeness (QED) is 0.389. The molecule has 3 aromatic carbocycles. The molecular weight excluding hydrogens is 340 g/mol. The molecule has 0 bridgehead atoms. The summed E-state index contributed by atoms with van der Waals surface area (Å²) in [5.74, 6) is 3.48. The van der Waals surface area contributed by atoms with E-state index in [1.54, 1.807) is 0 Å². The van der Waals surface area contributed by atoms with Crippen LogP contribution in [0, 0.1) is 5.92 Å². The van der Waals surface area contributed by atoms with Gasteiger partial charge in [0.05, 0.1) is 0 Å². The van der Waals surface area contributed by atoms with Gasteiger partial charge in [0.25, 0.3) is 0 Å². The highest BCUT2D eigenvalue weighted by Crippen LogP contribution is 2.35. The standard InChI is InChI=1S/C27H32O/c1-5-21(4)27(26-14-10-9-13-25(26)20(2)3)19-22-15-17-24(18-16-22)28-23-11-7-6-8-12-23/h6-18,20-21,27H,5,19H2,1-4H3. The highest BCUT2D eigenvalue weighted by Gasteiger charge is 2.22. The molecule has 0 heterocycles. The van der Waals surface area contributed by atoms with E-state index in [0.29, 0.717) is 17.8 Å². The Morgan fingerprint density at radius 3 is 1.86 bits per heavy atom. The minimum Gasteiger partial charge on any atom is -0.457 e. The van der Waals surface area contributed by atoms with E-state index >= 15 is 0 Å². The lowest BCUT2D eigenvalue weighted by Crippen LogP contribution is -2.15. The molecule has 0 radical (unpaired) electrons. The van der Waals surface area contributed by atoms with E-state index in [1.165, 1.54) is 23.1 Å². The van der Waals surface area contributed by atoms with Crippen molar-refractivity contribution in [2.24, 2.45) is 5.92 Å². The lowest BCUT2D eigenvalue weighted by molar-refractivity contribution is 0.438. The van der Waals surface area contributed by atoms with Gasteiger partial charge in [-0.1, -0.05) is 88.7 Å². The smallest absolute Gasteiger partial charge is 0.127 e. The Kier molecular flexibility index (Phi) is 6.92. The van der Waals surface area contributed by atoms with Crippen molar-refractivity contribution in [1.82, 2.24) is 0 Å². The van der Waals surface area contributed by atoms with Gasteiger partial charge in [0.2, 0.25) is 0 Å². The molecular formula is C27H32O. The van der Waals surface area contributed by atoms with Gasteiger partial charge in [0.15, 0.2) is 0 Å². The zero-order valence-electron chi connectivity index (χ0n) is 17.6. The van der Waals surface area contributed by atoms with Crippen LogP contribution in [-0.4, -0.2) is 0 Å². The van der Waals surface area contributed by atoms with Crippen molar-refractivity contribution < 1.29 is 4.74 Å². The van der Waals surface area contributed by atoms with Crippen LogP contribution in [0.4, 0.5) is 0 Å². The molecule has 0 aliphatic heterocycles. The molecule has 0 aliphatic carbocycles. The average Bonchev–Trinajstić information content (AvgIpc) is 2.73. The van der Waals surface area contributed by atoms with Crippen LogP contribution < -0.4 is 4.74 Å². The van der Waals surface area contributed by atoms with Crippen LogP contribution in [-0.2, 0) is 6.42 Å². The zero-order chi connectivity index (χ0) is 19.9. The summed E-state index contributed by atoms with van der Waals surface area (Å²) >= 11 is 0. The third-order valence-corrected chi connectivity index (χ3v) is 5.71. The van der Waals surface area contributed by atoms with Crippen LogP contribution in [0.15, 0.2) is 78.9 Å². The molecule has 0 aromatic heterocycles. The molecule has 0 saturated carbocycles. The van der Waals surface area contributed by atoms with Gasteiger partial charge in [-0.25, -0.2) is 0 Å². The third kappa shape index (κ3) is 5.04. The lowest BCUT2D eigenvalue weighted by Gasteiger charge is -2.27. The Bertz CT molecular complexity index is 849. The summed E-state index contributed by atoms with van der Waals surface area (Å²) in [7, 11) is 0. The Balaban J connectivity index is 1.80. The van der Waals surface area contributed by atoms with Gasteiger partial charge in [0.1, 0.15) is 11.5 Å². The van der Waals surface area contributed by atoms with Crippen LogP contribution in [0.1, 0.15) is 62.6 Å². The van der Waals surface area contributed by atoms with Crippen molar-refractivity contribution in [1.29, 1.82) is 0 Å². The van der Waals surface area contributed by atoms with E-state index in [2.05, 4.69) is 76.2 Å². The molecule has 1 heteroatoms. The van der Waals surface area contributed by atoms with Gasteiger partial charge >= 0.3 is 0 Å². The zero-order valence-corrected chi connectivity index (χ0v) is 17.6. The van der Waals surface area contributed by atoms with Crippen molar-refractivity contribution in [2.75, 3.05) is 0 Å². The van der Waals surface area contributed by atoms with Crippen molar-refractivity contribution >= 4 is 0 Å². The second-order valence-corrected chi connectivity index (χ2v) is 8.04. The van der Waals surface area contributed by atoms with E-state index in [1.807, 2.05) is 30.3 Å². The maximum Gasteiger partial charge on any atom is 0.127 e. The van der Waals surface area contributed by atoms with Crippen LogP contribution in [0.5, 0.6) is 11.5 Å². The predicted octanol–water partition coefficient (Wildman–Crippen LogP) is 7.97. The van der Waals surface area contributed by atoms with Crippen molar-refractivity contribution in [3.8, 4) is 11.5 Å². The van der Waals surface area contributed by atoms with Gasteiger partial charge in [-0.05, 0) is 65.1 Å². The van der Waals surface area contributed by atoms with Crippen LogP contribution in [0.25, 0.3) is 0 Å². The Hall–Kier alpha value is -2.54. The molecule has 1 nitrogen and oxygen atoms in total. The number of rotatable bonds is 8. The number of hydrogen-bond acceptors (Lipinski definition) is 1. The van der Waals surface area contributed by atoms with Crippen molar-refractivity contribution in [3.05, 3.63) is 95.6 Å². The van der Waals surface area contributed by atoms with Crippen LogP contribution >= 0.6 is 0 Å². The van der Waals surface area contributed by atoms with Gasteiger partial charge in [-0.3, -0.25) is 0 Å². The van der Waals surface area contributed by atoms with Gasteiger partial charge in [-0.15, -0.1) is 0 Å². The fourth-order valence-electron chi connectivity index (χ4n) is 3.85. The first-order valence-corrected chi connectivity index (χ1v) is 10.5. The molecule has 0 N–H and O–H groups in total. The number of benzene rings is 3. The van der Waals surface area contributed by atoms with Crippen LogP contribution in [0.3, 0.4) is 0 Å². The number of hydrogen-bond donors (Lipinski definition) is 0.